The molecule has 0 amide bonds. The largest absolute Gasteiger partial charge is 0.480 e. The number of aliphatic carboxylic acids is 1. The molecule has 0 aliphatic carbocycles. The molecule has 2 N–H and O–H groups in total. The molecular formula is C10H18N2O2. The second-order valence-electron chi connectivity index (χ2n) is 4.82. The number of carboxylic acids is 1. The van der Waals surface area contributed by atoms with Gasteiger partial charge in [0.15, 0.2) is 0 Å². The van der Waals surface area contributed by atoms with E-state index < -0.39 is 5.97 Å². The van der Waals surface area contributed by atoms with Crippen molar-refractivity contribution in [3.63, 3.8) is 0 Å². The zero-order chi connectivity index (χ0) is 10.2. The van der Waals surface area contributed by atoms with Gasteiger partial charge >= 0.3 is 5.97 Å². The molecule has 80 valence electrons. The lowest BCUT2D eigenvalue weighted by Crippen LogP contribution is -2.42. The van der Waals surface area contributed by atoms with Crippen LogP contribution in [0, 0.1) is 5.41 Å². The van der Waals surface area contributed by atoms with Crippen LogP contribution < -0.4 is 5.32 Å². The number of carbonyl (C=O) groups is 1. The van der Waals surface area contributed by atoms with Crippen molar-refractivity contribution in [3.8, 4) is 0 Å². The Hall–Kier alpha value is -0.610. The van der Waals surface area contributed by atoms with Crippen LogP contribution >= 0.6 is 0 Å². The molecule has 2 fully saturated rings. The molecule has 2 rings (SSSR count). The molecule has 0 aromatic carbocycles. The van der Waals surface area contributed by atoms with Gasteiger partial charge < -0.3 is 15.3 Å². The van der Waals surface area contributed by atoms with E-state index in [0.29, 0.717) is 0 Å². The highest BCUT2D eigenvalue weighted by molar-refractivity contribution is 5.74. The van der Waals surface area contributed by atoms with E-state index in [2.05, 4.69) is 17.3 Å². The van der Waals surface area contributed by atoms with Crippen molar-refractivity contribution in [1.29, 1.82) is 0 Å². The first-order valence-corrected chi connectivity index (χ1v) is 5.26. The maximum atomic E-state index is 10.8. The summed E-state index contributed by atoms with van der Waals surface area (Å²) in [5.74, 6) is -0.699. The van der Waals surface area contributed by atoms with Crippen LogP contribution in [0.5, 0.6) is 0 Å². The Morgan fingerprint density at radius 2 is 2.43 bits per heavy atom. The molecule has 0 bridgehead atoms. The molecule has 2 aliphatic heterocycles. The number of hydrogen-bond acceptors (Lipinski definition) is 3. The summed E-state index contributed by atoms with van der Waals surface area (Å²) in [4.78, 5) is 13.1. The highest BCUT2D eigenvalue weighted by atomic mass is 16.4. The van der Waals surface area contributed by atoms with Gasteiger partial charge in [-0.3, -0.25) is 4.79 Å². The number of piperidine rings is 1. The van der Waals surface area contributed by atoms with Crippen LogP contribution in [0.4, 0.5) is 0 Å². The first-order valence-electron chi connectivity index (χ1n) is 5.26. The summed E-state index contributed by atoms with van der Waals surface area (Å²) >= 11 is 0. The van der Waals surface area contributed by atoms with Gasteiger partial charge in [0.25, 0.3) is 0 Å². The number of carboxylic acid groups (broad SMARTS) is 1. The van der Waals surface area contributed by atoms with Crippen molar-refractivity contribution in [3.05, 3.63) is 0 Å². The van der Waals surface area contributed by atoms with Crippen molar-refractivity contribution in [2.45, 2.75) is 25.3 Å². The molecule has 1 spiro atoms. The number of likely N-dealkylation sites (tertiary alicyclic amines) is 1. The van der Waals surface area contributed by atoms with Crippen LogP contribution in [0.3, 0.4) is 0 Å². The first kappa shape index (κ1) is 9.93. The average molecular weight is 198 g/mol. The molecule has 4 heteroatoms. The Balaban J connectivity index is 2.01. The Kier molecular flexibility index (Phi) is 2.49. The number of hydrogen-bond donors (Lipinski definition) is 2. The summed E-state index contributed by atoms with van der Waals surface area (Å²) in [6.45, 7) is 3.07. The predicted octanol–water partition coefficient (Wildman–Crippen LogP) is 0.145. The molecule has 2 aliphatic rings. The number of nitrogens with zero attached hydrogens (tertiary/aromatic N) is 1. The van der Waals surface area contributed by atoms with E-state index in [9.17, 15) is 4.79 Å². The lowest BCUT2D eigenvalue weighted by molar-refractivity contribution is -0.139. The summed E-state index contributed by atoms with van der Waals surface area (Å²) in [5.41, 5.74) is 0.232. The second-order valence-corrected chi connectivity index (χ2v) is 4.82. The van der Waals surface area contributed by atoms with Crippen LogP contribution in [0.2, 0.25) is 0 Å². The maximum absolute atomic E-state index is 10.8. The predicted molar refractivity (Wildman–Crippen MR) is 53.2 cm³/mol. The summed E-state index contributed by atoms with van der Waals surface area (Å²) < 4.78 is 0. The molecule has 4 nitrogen and oxygen atoms in total. The van der Waals surface area contributed by atoms with Crippen LogP contribution in [0.1, 0.15) is 19.3 Å². The van der Waals surface area contributed by atoms with Crippen LogP contribution in [0.25, 0.3) is 0 Å². The molecular weight excluding hydrogens is 180 g/mol. The van der Waals surface area contributed by atoms with Gasteiger partial charge in [0.1, 0.15) is 6.04 Å². The van der Waals surface area contributed by atoms with Crippen molar-refractivity contribution >= 4 is 5.97 Å². The Bertz CT molecular complexity index is 244. The zero-order valence-electron chi connectivity index (χ0n) is 8.62. The molecule has 14 heavy (non-hydrogen) atoms. The molecule has 2 unspecified atom stereocenters. The molecule has 0 saturated carbocycles. The van der Waals surface area contributed by atoms with E-state index in [0.717, 1.165) is 26.1 Å². The van der Waals surface area contributed by atoms with Crippen molar-refractivity contribution in [2.24, 2.45) is 5.41 Å². The molecule has 2 saturated heterocycles. The number of nitrogens with one attached hydrogen (secondary N) is 1. The lowest BCUT2D eigenvalue weighted by atomic mass is 9.78. The molecule has 0 radical (unpaired) electrons. The van der Waals surface area contributed by atoms with E-state index in [4.69, 9.17) is 5.11 Å². The highest BCUT2D eigenvalue weighted by Crippen LogP contribution is 2.37. The lowest BCUT2D eigenvalue weighted by Gasteiger charge is -2.38. The third kappa shape index (κ3) is 1.77. The summed E-state index contributed by atoms with van der Waals surface area (Å²) in [6.07, 6.45) is 3.17. The Morgan fingerprint density at radius 3 is 3.00 bits per heavy atom. The van der Waals surface area contributed by atoms with Gasteiger partial charge in [-0.1, -0.05) is 0 Å². The maximum Gasteiger partial charge on any atom is 0.320 e. The Labute approximate surface area is 84.3 Å². The van der Waals surface area contributed by atoms with Gasteiger partial charge in [0.05, 0.1) is 0 Å². The standard InChI is InChI=1S/C10H18N2O2/c1-12-4-2-3-10(7-12)5-8(9(13)14)11-6-10/h8,11H,2-7H2,1H3,(H,13,14). The third-order valence-corrected chi connectivity index (χ3v) is 3.51. The first-order chi connectivity index (χ1) is 6.61. The fourth-order valence-electron chi connectivity index (χ4n) is 2.86. The monoisotopic (exact) mass is 198 g/mol. The fourth-order valence-corrected chi connectivity index (χ4v) is 2.86. The van der Waals surface area contributed by atoms with Gasteiger partial charge in [-0.25, -0.2) is 0 Å². The summed E-state index contributed by atoms with van der Waals surface area (Å²) in [6, 6.07) is -0.318. The summed E-state index contributed by atoms with van der Waals surface area (Å²) in [5, 5.41) is 12.0. The molecule has 2 atom stereocenters. The minimum atomic E-state index is -0.699. The van der Waals surface area contributed by atoms with E-state index in [-0.39, 0.29) is 11.5 Å². The summed E-state index contributed by atoms with van der Waals surface area (Å²) in [7, 11) is 2.12. The van der Waals surface area contributed by atoms with Gasteiger partial charge in [0.2, 0.25) is 0 Å². The van der Waals surface area contributed by atoms with Crippen LogP contribution in [-0.2, 0) is 4.79 Å². The smallest absolute Gasteiger partial charge is 0.320 e. The van der Waals surface area contributed by atoms with Gasteiger partial charge in [-0.2, -0.15) is 0 Å². The topological polar surface area (TPSA) is 52.6 Å². The fraction of sp³-hybridized carbons (Fsp3) is 0.900. The van der Waals surface area contributed by atoms with E-state index >= 15 is 0 Å². The van der Waals surface area contributed by atoms with Crippen LogP contribution in [0.15, 0.2) is 0 Å². The zero-order valence-corrected chi connectivity index (χ0v) is 8.62. The van der Waals surface area contributed by atoms with Gasteiger partial charge in [-0.15, -0.1) is 0 Å². The van der Waals surface area contributed by atoms with E-state index in [1.807, 2.05) is 0 Å². The molecule has 2 heterocycles. The van der Waals surface area contributed by atoms with E-state index in [1.165, 1.54) is 12.8 Å². The number of rotatable bonds is 1. The normalized spacial score (nSPS) is 39.1. The van der Waals surface area contributed by atoms with E-state index in [1.54, 1.807) is 0 Å². The Morgan fingerprint density at radius 1 is 1.64 bits per heavy atom. The van der Waals surface area contributed by atoms with Crippen molar-refractivity contribution in [2.75, 3.05) is 26.7 Å². The minimum absolute atomic E-state index is 0.232. The van der Waals surface area contributed by atoms with Crippen molar-refractivity contribution < 1.29 is 9.90 Å². The van der Waals surface area contributed by atoms with Crippen LogP contribution in [-0.4, -0.2) is 48.7 Å². The minimum Gasteiger partial charge on any atom is -0.480 e. The highest BCUT2D eigenvalue weighted by Gasteiger charge is 2.43. The van der Waals surface area contributed by atoms with Gasteiger partial charge in [0, 0.05) is 13.1 Å². The quantitative estimate of drug-likeness (QED) is 0.629. The average Bonchev–Trinajstić information content (AvgIpc) is 2.49. The SMILES string of the molecule is CN1CCCC2(CNC(C(=O)O)C2)C1. The molecule has 0 aromatic rings. The van der Waals surface area contributed by atoms with Gasteiger partial charge in [-0.05, 0) is 38.3 Å². The third-order valence-electron chi connectivity index (χ3n) is 3.51. The van der Waals surface area contributed by atoms with Crippen molar-refractivity contribution in [1.82, 2.24) is 10.2 Å². The molecule has 0 aromatic heterocycles. The second kappa shape index (κ2) is 3.51.